The van der Waals surface area contributed by atoms with Crippen molar-refractivity contribution < 1.29 is 23.9 Å². The van der Waals surface area contributed by atoms with Crippen molar-refractivity contribution in [2.24, 2.45) is 0 Å². The smallest absolute Gasteiger partial charge is 0.255 e. The zero-order valence-corrected chi connectivity index (χ0v) is 19.3. The van der Waals surface area contributed by atoms with E-state index < -0.39 is 6.04 Å². The molecule has 33 heavy (non-hydrogen) atoms. The number of rotatable bonds is 13. The molecule has 1 aromatic carbocycles. The Kier molecular flexibility index (Phi) is 9.38. The molecule has 0 saturated carbocycles. The molecule has 2 aliphatic heterocycles. The molecule has 0 bridgehead atoms. The predicted molar refractivity (Wildman–Crippen MR) is 124 cm³/mol. The molecule has 1 unspecified atom stereocenters. The number of hydrogen-bond acceptors (Lipinski definition) is 6. The number of aldehydes is 1. The lowest BCUT2D eigenvalue weighted by Crippen LogP contribution is -2.43. The maximum absolute atomic E-state index is 12.7. The van der Waals surface area contributed by atoms with Gasteiger partial charge in [-0.1, -0.05) is 19.4 Å². The van der Waals surface area contributed by atoms with Crippen LogP contribution in [0.2, 0.25) is 0 Å². The highest BCUT2D eigenvalue weighted by Crippen LogP contribution is 2.31. The van der Waals surface area contributed by atoms with E-state index in [4.69, 9.17) is 4.74 Å². The Bertz CT molecular complexity index is 838. The summed E-state index contributed by atoms with van der Waals surface area (Å²) in [5.74, 6) is -0.337. The summed E-state index contributed by atoms with van der Waals surface area (Å²) < 4.78 is 5.64. The number of hydrogen-bond donors (Lipinski definition) is 2. The van der Waals surface area contributed by atoms with Crippen LogP contribution in [0.25, 0.3) is 0 Å². The van der Waals surface area contributed by atoms with Gasteiger partial charge in [-0.3, -0.25) is 14.4 Å². The molecule has 1 aromatic rings. The number of likely N-dealkylation sites (tertiary alicyclic amines) is 1. The lowest BCUT2D eigenvalue weighted by molar-refractivity contribution is -0.117. The minimum atomic E-state index is -0.445. The van der Waals surface area contributed by atoms with Crippen LogP contribution in [0.3, 0.4) is 0 Å². The molecule has 9 heteroatoms. The van der Waals surface area contributed by atoms with E-state index in [1.165, 1.54) is 0 Å². The molecule has 2 heterocycles. The van der Waals surface area contributed by atoms with E-state index in [1.807, 2.05) is 6.92 Å². The minimum Gasteiger partial charge on any atom is -0.380 e. The average Bonchev–Trinajstić information content (AvgIpc) is 3.16. The second-order valence-corrected chi connectivity index (χ2v) is 8.57. The maximum atomic E-state index is 12.7. The summed E-state index contributed by atoms with van der Waals surface area (Å²) in [6.45, 7) is 5.82. The highest BCUT2D eigenvalue weighted by atomic mass is 16.5. The Labute approximate surface area is 194 Å². The van der Waals surface area contributed by atoms with E-state index in [1.54, 1.807) is 23.1 Å². The third kappa shape index (κ3) is 6.61. The second kappa shape index (κ2) is 12.5. The Morgan fingerprint density at radius 1 is 1.24 bits per heavy atom. The van der Waals surface area contributed by atoms with Crippen LogP contribution in [0.15, 0.2) is 18.2 Å². The van der Waals surface area contributed by atoms with Gasteiger partial charge in [-0.05, 0) is 31.4 Å². The zero-order chi connectivity index (χ0) is 23.6. The lowest BCUT2D eigenvalue weighted by Gasteiger charge is -2.31. The molecule has 3 amide bonds. The van der Waals surface area contributed by atoms with E-state index in [9.17, 15) is 19.2 Å². The Hall–Kier alpha value is -2.78. The molecule has 9 nitrogen and oxygen atoms in total. The molecule has 2 N–H and O–H groups in total. The fourth-order valence-electron chi connectivity index (χ4n) is 4.43. The van der Waals surface area contributed by atoms with Gasteiger partial charge < -0.3 is 30.0 Å². The highest BCUT2D eigenvalue weighted by molar-refractivity contribution is 6.03. The number of nitrogens with zero attached hydrogens (tertiary/aromatic N) is 2. The number of nitrogens with one attached hydrogen (secondary N) is 2. The van der Waals surface area contributed by atoms with Crippen molar-refractivity contribution in [2.45, 2.75) is 57.7 Å². The van der Waals surface area contributed by atoms with Gasteiger partial charge in [0.1, 0.15) is 6.29 Å². The second-order valence-electron chi connectivity index (χ2n) is 8.57. The van der Waals surface area contributed by atoms with E-state index in [2.05, 4.69) is 15.5 Å². The van der Waals surface area contributed by atoms with Crippen LogP contribution in [0.1, 0.15) is 54.9 Å². The van der Waals surface area contributed by atoms with Gasteiger partial charge in [-0.2, -0.15) is 0 Å². The van der Waals surface area contributed by atoms with Crippen LogP contribution in [-0.4, -0.2) is 79.2 Å². The molecule has 1 saturated heterocycles. The number of ether oxygens (including phenoxy) is 1. The molecular formula is C24H34N4O5. The summed E-state index contributed by atoms with van der Waals surface area (Å²) in [7, 11) is 0. The summed E-state index contributed by atoms with van der Waals surface area (Å²) in [5, 5.41) is 5.73. The number of carbonyl (C=O) groups excluding carboxylic acids is 4. The summed E-state index contributed by atoms with van der Waals surface area (Å²) >= 11 is 0. The van der Waals surface area contributed by atoms with Gasteiger partial charge in [-0.15, -0.1) is 0 Å². The quantitative estimate of drug-likeness (QED) is 0.343. The van der Waals surface area contributed by atoms with Crippen molar-refractivity contribution in [3.63, 3.8) is 0 Å². The van der Waals surface area contributed by atoms with Gasteiger partial charge in [0, 0.05) is 49.0 Å². The molecule has 3 rings (SSSR count). The fourth-order valence-corrected chi connectivity index (χ4v) is 4.43. The molecule has 0 radical (unpaired) electrons. The first-order chi connectivity index (χ1) is 16.1. The van der Waals surface area contributed by atoms with Crippen molar-refractivity contribution in [3.8, 4) is 0 Å². The number of anilines is 1. The first kappa shape index (κ1) is 24.9. The van der Waals surface area contributed by atoms with Gasteiger partial charge in [0.05, 0.1) is 25.7 Å². The van der Waals surface area contributed by atoms with Gasteiger partial charge in [0.15, 0.2) is 0 Å². The third-order valence-electron chi connectivity index (χ3n) is 6.33. The molecule has 1 atom stereocenters. The zero-order valence-electron chi connectivity index (χ0n) is 19.3. The van der Waals surface area contributed by atoms with Crippen LogP contribution >= 0.6 is 0 Å². The van der Waals surface area contributed by atoms with Crippen LogP contribution < -0.4 is 10.6 Å². The minimum absolute atomic E-state index is 0.166. The predicted octanol–water partition coefficient (Wildman–Crippen LogP) is 1.57. The molecule has 0 aliphatic carbocycles. The summed E-state index contributed by atoms with van der Waals surface area (Å²) in [6.07, 6.45) is 5.12. The molecule has 0 spiro atoms. The van der Waals surface area contributed by atoms with E-state index >= 15 is 0 Å². The molecule has 1 fully saturated rings. The first-order valence-electron chi connectivity index (χ1n) is 11.7. The third-order valence-corrected chi connectivity index (χ3v) is 6.33. The number of carbonyl (C=O) groups is 4. The fraction of sp³-hybridized carbons (Fsp3) is 0.583. The van der Waals surface area contributed by atoms with Crippen molar-refractivity contribution in [3.05, 3.63) is 29.3 Å². The van der Waals surface area contributed by atoms with Crippen LogP contribution in [-0.2, 0) is 25.7 Å². The van der Waals surface area contributed by atoms with Crippen molar-refractivity contribution >= 4 is 30.2 Å². The number of fused-ring (bicyclic) bond motifs is 1. The largest absolute Gasteiger partial charge is 0.380 e. The van der Waals surface area contributed by atoms with Crippen LogP contribution in [0, 0.1) is 0 Å². The Balaban J connectivity index is 1.41. The van der Waals surface area contributed by atoms with E-state index in [-0.39, 0.29) is 24.3 Å². The number of amides is 3. The van der Waals surface area contributed by atoms with Gasteiger partial charge in [-0.25, -0.2) is 0 Å². The van der Waals surface area contributed by atoms with E-state index in [0.717, 1.165) is 57.2 Å². The molecule has 180 valence electrons. The molecule has 2 aliphatic rings. The topological polar surface area (TPSA) is 108 Å². The maximum Gasteiger partial charge on any atom is 0.255 e. The van der Waals surface area contributed by atoms with Crippen molar-refractivity contribution in [1.82, 2.24) is 15.1 Å². The Morgan fingerprint density at radius 3 is 2.73 bits per heavy atom. The standard InChI is InChI=1S/C24H34N4O5/c1-2-4-19(16-29)28-15-21-20(24(28)32)5-3-6-22(21)26-23(31)9-13-33-14-12-27-10-7-18(8-11-27)25-17-30/h3,5-6,16-19H,2,4,7-15H2,1H3,(H,25,30)(H,26,31). The average molecular weight is 459 g/mol. The van der Waals surface area contributed by atoms with Gasteiger partial charge in [0.2, 0.25) is 12.3 Å². The monoisotopic (exact) mass is 458 g/mol. The lowest BCUT2D eigenvalue weighted by atomic mass is 10.1. The molecule has 0 aromatic heterocycles. The van der Waals surface area contributed by atoms with Crippen LogP contribution in [0.5, 0.6) is 0 Å². The number of benzene rings is 1. The van der Waals surface area contributed by atoms with Gasteiger partial charge >= 0.3 is 0 Å². The summed E-state index contributed by atoms with van der Waals surface area (Å²) in [6, 6.07) is 5.09. The van der Waals surface area contributed by atoms with Gasteiger partial charge in [0.25, 0.3) is 5.91 Å². The summed E-state index contributed by atoms with van der Waals surface area (Å²) in [5.41, 5.74) is 1.91. The SMILES string of the molecule is CCCC(C=O)N1Cc2c(NC(=O)CCOCCN3CCC(NC=O)CC3)cccc2C1=O. The van der Waals surface area contributed by atoms with Crippen molar-refractivity contribution in [1.29, 1.82) is 0 Å². The molecular weight excluding hydrogens is 424 g/mol. The first-order valence-corrected chi connectivity index (χ1v) is 11.7. The van der Waals surface area contributed by atoms with Crippen molar-refractivity contribution in [2.75, 3.05) is 38.2 Å². The van der Waals surface area contributed by atoms with Crippen LogP contribution in [0.4, 0.5) is 5.69 Å². The van der Waals surface area contributed by atoms with E-state index in [0.29, 0.717) is 37.4 Å². The normalized spacial score (nSPS) is 17.5. The highest BCUT2D eigenvalue weighted by Gasteiger charge is 2.33. The summed E-state index contributed by atoms with van der Waals surface area (Å²) in [4.78, 5) is 51.0. The number of piperidine rings is 1. The Morgan fingerprint density at radius 2 is 2.03 bits per heavy atom.